The topological polar surface area (TPSA) is 65.2 Å². The molecule has 0 amide bonds. The first kappa shape index (κ1) is 13.8. The van der Waals surface area contributed by atoms with E-state index in [1.54, 1.807) is 0 Å². The molecule has 1 aromatic heterocycles. The number of esters is 1. The minimum Gasteiger partial charge on any atom is -0.469 e. The van der Waals surface area contributed by atoms with Crippen molar-refractivity contribution in [3.8, 4) is 0 Å². The number of hydrogen-bond acceptors (Lipinski definition) is 4. The number of ether oxygens (including phenoxy) is 1. The number of nitrogens with two attached hydrogens (primary N) is 1. The Kier molecular flexibility index (Phi) is 4.80. The summed E-state index contributed by atoms with van der Waals surface area (Å²) in [5.74, 6) is -0.573. The van der Waals surface area contributed by atoms with Gasteiger partial charge in [0.15, 0.2) is 0 Å². The van der Waals surface area contributed by atoms with Crippen LogP contribution in [0.25, 0.3) is 0 Å². The molecule has 0 unspecified atom stereocenters. The highest BCUT2D eigenvalue weighted by molar-refractivity contribution is 9.08. The van der Waals surface area contributed by atoms with E-state index in [0.717, 1.165) is 0 Å². The molecule has 0 atom stereocenters. The lowest BCUT2D eigenvalue weighted by Crippen LogP contribution is -2.11. The molecule has 0 saturated carbocycles. The molecule has 1 heterocycles. The first-order chi connectivity index (χ1) is 7.99. The van der Waals surface area contributed by atoms with Crippen molar-refractivity contribution in [1.29, 1.82) is 0 Å². The second kappa shape index (κ2) is 5.90. The molecule has 0 aliphatic carbocycles. The van der Waals surface area contributed by atoms with E-state index in [9.17, 15) is 13.6 Å². The number of pyridine rings is 1. The number of hydrogen-bond donors (Lipinski definition) is 1. The molecule has 7 heteroatoms. The molecule has 1 rings (SSSR count). The molecule has 2 N–H and O–H groups in total. The largest absolute Gasteiger partial charge is 0.469 e. The van der Waals surface area contributed by atoms with Crippen molar-refractivity contribution in [2.75, 3.05) is 12.8 Å². The van der Waals surface area contributed by atoms with E-state index in [0.29, 0.717) is 5.56 Å². The molecule has 17 heavy (non-hydrogen) atoms. The van der Waals surface area contributed by atoms with Crippen LogP contribution in [0.4, 0.5) is 14.5 Å². The second-order valence-corrected chi connectivity index (χ2v) is 3.82. The lowest BCUT2D eigenvalue weighted by atomic mass is 10.1. The molecular weight excluding hydrogens is 298 g/mol. The average molecular weight is 309 g/mol. The maximum atomic E-state index is 12.7. The first-order valence-electron chi connectivity index (χ1n) is 4.68. The highest BCUT2D eigenvalue weighted by Gasteiger charge is 2.18. The summed E-state index contributed by atoms with van der Waals surface area (Å²) in [7, 11) is 1.21. The van der Waals surface area contributed by atoms with E-state index in [-0.39, 0.29) is 28.8 Å². The molecule has 0 saturated heterocycles. The Morgan fingerprint density at radius 2 is 2.29 bits per heavy atom. The van der Waals surface area contributed by atoms with Gasteiger partial charge in [-0.1, -0.05) is 15.9 Å². The van der Waals surface area contributed by atoms with Crippen LogP contribution in [0.2, 0.25) is 0 Å². The zero-order chi connectivity index (χ0) is 13.0. The molecule has 1 aromatic rings. The summed E-state index contributed by atoms with van der Waals surface area (Å²) < 4.78 is 29.8. The van der Waals surface area contributed by atoms with Crippen LogP contribution in [-0.2, 0) is 21.3 Å². The summed E-state index contributed by atoms with van der Waals surface area (Å²) in [4.78, 5) is 14.8. The molecule has 0 spiro atoms. The Balaban J connectivity index is 3.15. The van der Waals surface area contributed by atoms with E-state index >= 15 is 0 Å². The van der Waals surface area contributed by atoms with Crippen LogP contribution in [0.1, 0.15) is 23.4 Å². The Morgan fingerprint density at radius 3 is 2.76 bits per heavy atom. The fourth-order valence-corrected chi connectivity index (χ4v) is 1.72. The molecule has 94 valence electrons. The lowest BCUT2D eigenvalue weighted by Gasteiger charge is -2.10. The van der Waals surface area contributed by atoms with E-state index in [4.69, 9.17) is 5.73 Å². The molecule has 0 aliphatic rings. The predicted octanol–water partition coefficient (Wildman–Crippen LogP) is 2.21. The Morgan fingerprint density at radius 1 is 1.65 bits per heavy atom. The monoisotopic (exact) mass is 308 g/mol. The number of halogens is 3. The summed E-state index contributed by atoms with van der Waals surface area (Å²) in [6, 6.07) is 1.39. The fourth-order valence-electron chi connectivity index (χ4n) is 1.27. The van der Waals surface area contributed by atoms with Gasteiger partial charge in [0.05, 0.1) is 24.9 Å². The van der Waals surface area contributed by atoms with E-state index < -0.39 is 12.4 Å². The summed E-state index contributed by atoms with van der Waals surface area (Å²) >= 11 is 3.08. The smallest absolute Gasteiger partial charge is 0.311 e. The Bertz CT molecular complexity index is 427. The summed E-state index contributed by atoms with van der Waals surface area (Å²) in [5, 5.41) is 0.225. The van der Waals surface area contributed by atoms with Crippen molar-refractivity contribution in [2.24, 2.45) is 0 Å². The van der Waals surface area contributed by atoms with Crippen LogP contribution in [-0.4, -0.2) is 18.1 Å². The van der Waals surface area contributed by atoms with Crippen molar-refractivity contribution in [2.45, 2.75) is 18.2 Å². The van der Waals surface area contributed by atoms with Crippen LogP contribution in [0.15, 0.2) is 6.07 Å². The fraction of sp³-hybridized carbons (Fsp3) is 0.400. The van der Waals surface area contributed by atoms with Crippen molar-refractivity contribution in [1.82, 2.24) is 4.98 Å². The van der Waals surface area contributed by atoms with Crippen molar-refractivity contribution >= 4 is 27.6 Å². The van der Waals surface area contributed by atoms with Crippen LogP contribution in [0.5, 0.6) is 0 Å². The van der Waals surface area contributed by atoms with E-state index in [1.807, 2.05) is 0 Å². The summed E-state index contributed by atoms with van der Waals surface area (Å²) in [6.07, 6.45) is -2.93. The minimum atomic E-state index is -2.71. The van der Waals surface area contributed by atoms with Gasteiger partial charge in [0, 0.05) is 5.33 Å². The number of alkyl halides is 3. The first-order valence-corrected chi connectivity index (χ1v) is 5.80. The van der Waals surface area contributed by atoms with Crippen LogP contribution >= 0.6 is 15.9 Å². The third-order valence-corrected chi connectivity index (χ3v) is 2.74. The van der Waals surface area contributed by atoms with Crippen LogP contribution in [0, 0.1) is 0 Å². The average Bonchev–Trinajstić information content (AvgIpc) is 2.30. The standard InChI is InChI=1S/C10H11BrF2N2O2/c1-17-8(16)3-7-6(14)2-5(4-11)9(15-7)10(12)13/h2,10H,3-4,14H2,1H3. The molecule has 0 aliphatic heterocycles. The van der Waals surface area contributed by atoms with E-state index in [2.05, 4.69) is 25.7 Å². The SMILES string of the molecule is COC(=O)Cc1nc(C(F)F)c(CBr)cc1N. The quantitative estimate of drug-likeness (QED) is 0.684. The number of rotatable bonds is 4. The van der Waals surface area contributed by atoms with Crippen LogP contribution in [0.3, 0.4) is 0 Å². The molecule has 0 aromatic carbocycles. The Labute approximate surface area is 105 Å². The van der Waals surface area contributed by atoms with Crippen molar-refractivity contribution in [3.05, 3.63) is 23.0 Å². The van der Waals surface area contributed by atoms with Gasteiger partial charge in [0.25, 0.3) is 6.43 Å². The molecule has 0 radical (unpaired) electrons. The number of nitrogens with zero attached hydrogens (tertiary/aromatic N) is 1. The highest BCUT2D eigenvalue weighted by Crippen LogP contribution is 2.26. The number of carbonyl (C=O) groups is 1. The summed E-state index contributed by atoms with van der Waals surface area (Å²) in [6.45, 7) is 0. The third-order valence-electron chi connectivity index (χ3n) is 2.14. The van der Waals surface area contributed by atoms with Gasteiger partial charge < -0.3 is 10.5 Å². The number of nitrogen functional groups attached to an aromatic ring is 1. The van der Waals surface area contributed by atoms with Gasteiger partial charge in [-0.15, -0.1) is 0 Å². The van der Waals surface area contributed by atoms with Gasteiger partial charge in [-0.25, -0.2) is 13.8 Å². The lowest BCUT2D eigenvalue weighted by molar-refractivity contribution is -0.139. The van der Waals surface area contributed by atoms with E-state index in [1.165, 1.54) is 13.2 Å². The predicted molar refractivity (Wildman–Crippen MR) is 62.0 cm³/mol. The Hall–Kier alpha value is -1.24. The van der Waals surface area contributed by atoms with Gasteiger partial charge in [0.1, 0.15) is 5.69 Å². The number of anilines is 1. The number of methoxy groups -OCH3 is 1. The molecule has 0 bridgehead atoms. The zero-order valence-corrected chi connectivity index (χ0v) is 10.6. The van der Waals surface area contributed by atoms with Gasteiger partial charge >= 0.3 is 5.97 Å². The zero-order valence-electron chi connectivity index (χ0n) is 9.04. The van der Waals surface area contributed by atoms with Gasteiger partial charge in [-0.3, -0.25) is 4.79 Å². The van der Waals surface area contributed by atoms with Crippen LogP contribution < -0.4 is 5.73 Å². The normalized spacial score (nSPS) is 10.6. The maximum Gasteiger partial charge on any atom is 0.311 e. The van der Waals surface area contributed by atoms with Gasteiger partial charge in [-0.05, 0) is 11.6 Å². The number of carbonyl (C=O) groups excluding carboxylic acids is 1. The second-order valence-electron chi connectivity index (χ2n) is 3.26. The third kappa shape index (κ3) is 3.36. The molecular formula is C10H11BrF2N2O2. The molecule has 0 fully saturated rings. The van der Waals surface area contributed by atoms with Crippen molar-refractivity contribution < 1.29 is 18.3 Å². The maximum absolute atomic E-state index is 12.7. The number of aromatic nitrogens is 1. The minimum absolute atomic E-state index is 0.108. The molecule has 4 nitrogen and oxygen atoms in total. The van der Waals surface area contributed by atoms with Crippen molar-refractivity contribution in [3.63, 3.8) is 0 Å². The van der Waals surface area contributed by atoms with Gasteiger partial charge in [-0.2, -0.15) is 0 Å². The highest BCUT2D eigenvalue weighted by atomic mass is 79.9. The summed E-state index contributed by atoms with van der Waals surface area (Å²) in [5.41, 5.74) is 5.89. The van der Waals surface area contributed by atoms with Gasteiger partial charge in [0.2, 0.25) is 0 Å².